The van der Waals surface area contributed by atoms with E-state index in [1.54, 1.807) is 18.5 Å². The minimum absolute atomic E-state index is 0.254. The second-order valence-electron chi connectivity index (χ2n) is 3.63. The molecule has 0 unspecified atom stereocenters. The normalized spacial score (nSPS) is 10.3. The van der Waals surface area contributed by atoms with Crippen molar-refractivity contribution in [1.29, 1.82) is 0 Å². The van der Waals surface area contributed by atoms with Crippen molar-refractivity contribution in [3.63, 3.8) is 0 Å². The van der Waals surface area contributed by atoms with E-state index < -0.39 is 0 Å². The van der Waals surface area contributed by atoms with Crippen LogP contribution in [-0.2, 0) is 6.54 Å². The van der Waals surface area contributed by atoms with Crippen LogP contribution in [0.1, 0.15) is 11.3 Å². The predicted octanol–water partition coefficient (Wildman–Crippen LogP) is 3.30. The zero-order chi connectivity index (χ0) is 12.3. The molecule has 5 heteroatoms. The van der Waals surface area contributed by atoms with Gasteiger partial charge in [-0.2, -0.15) is 0 Å². The first-order valence-corrected chi connectivity index (χ1v) is 5.91. The third kappa shape index (κ3) is 3.23. The summed E-state index contributed by atoms with van der Waals surface area (Å²) in [5.74, 6) is 0.456. The van der Waals surface area contributed by atoms with Crippen molar-refractivity contribution >= 4 is 21.7 Å². The van der Waals surface area contributed by atoms with E-state index in [0.717, 1.165) is 15.7 Å². The Bertz CT molecular complexity index is 531. The van der Waals surface area contributed by atoms with Crippen molar-refractivity contribution in [2.75, 3.05) is 5.32 Å². The molecule has 0 aliphatic heterocycles. The van der Waals surface area contributed by atoms with Crippen molar-refractivity contribution in [1.82, 2.24) is 9.97 Å². The summed E-state index contributed by atoms with van der Waals surface area (Å²) in [6.07, 6.45) is 3.35. The Balaban J connectivity index is 2.07. The Hall–Kier alpha value is -1.49. The number of hydrogen-bond donors (Lipinski definition) is 1. The lowest BCUT2D eigenvalue weighted by Gasteiger charge is -2.07. The van der Waals surface area contributed by atoms with Gasteiger partial charge in [-0.3, -0.25) is 4.98 Å². The second kappa shape index (κ2) is 5.23. The highest BCUT2D eigenvalue weighted by Gasteiger charge is 2.02. The van der Waals surface area contributed by atoms with Crippen LogP contribution in [0.15, 0.2) is 35.1 Å². The summed E-state index contributed by atoms with van der Waals surface area (Å²) in [4.78, 5) is 8.31. The third-order valence-electron chi connectivity index (χ3n) is 2.23. The SMILES string of the molecule is Cc1cncc(NCc2ccc(F)cc2Br)n1. The molecule has 1 N–H and O–H groups in total. The maximum absolute atomic E-state index is 12.9. The van der Waals surface area contributed by atoms with Crippen LogP contribution in [0.2, 0.25) is 0 Å². The number of nitrogens with zero attached hydrogens (tertiary/aromatic N) is 2. The van der Waals surface area contributed by atoms with Gasteiger partial charge in [0.2, 0.25) is 0 Å². The largest absolute Gasteiger partial charge is 0.365 e. The minimum atomic E-state index is -0.254. The van der Waals surface area contributed by atoms with Crippen molar-refractivity contribution in [2.24, 2.45) is 0 Å². The fourth-order valence-corrected chi connectivity index (χ4v) is 1.89. The number of benzene rings is 1. The Morgan fingerprint density at radius 2 is 2.18 bits per heavy atom. The lowest BCUT2D eigenvalue weighted by molar-refractivity contribution is 0.626. The molecule has 1 aromatic carbocycles. The van der Waals surface area contributed by atoms with Crippen LogP contribution in [0.4, 0.5) is 10.2 Å². The van der Waals surface area contributed by atoms with Gasteiger partial charge in [0, 0.05) is 17.2 Å². The van der Waals surface area contributed by atoms with Gasteiger partial charge in [-0.15, -0.1) is 0 Å². The van der Waals surface area contributed by atoms with Crippen molar-refractivity contribution in [3.8, 4) is 0 Å². The van der Waals surface area contributed by atoms with Gasteiger partial charge in [0.05, 0.1) is 11.9 Å². The van der Waals surface area contributed by atoms with E-state index in [-0.39, 0.29) is 5.82 Å². The molecule has 0 atom stereocenters. The molecule has 0 spiro atoms. The summed E-state index contributed by atoms with van der Waals surface area (Å²) in [6, 6.07) is 4.61. The van der Waals surface area contributed by atoms with Crippen LogP contribution >= 0.6 is 15.9 Å². The van der Waals surface area contributed by atoms with Crippen LogP contribution in [0.5, 0.6) is 0 Å². The molecule has 88 valence electrons. The highest BCUT2D eigenvalue weighted by atomic mass is 79.9. The number of nitrogens with one attached hydrogen (secondary N) is 1. The predicted molar refractivity (Wildman–Crippen MR) is 68.2 cm³/mol. The molecular formula is C12H11BrFN3. The quantitative estimate of drug-likeness (QED) is 0.944. The molecule has 0 radical (unpaired) electrons. The molecule has 0 fully saturated rings. The van der Waals surface area contributed by atoms with E-state index in [2.05, 4.69) is 31.2 Å². The standard InChI is InChI=1S/C12H11BrFN3/c1-8-5-15-7-12(17-8)16-6-9-2-3-10(14)4-11(9)13/h2-5,7H,6H2,1H3,(H,16,17). The van der Waals surface area contributed by atoms with Gasteiger partial charge in [-0.05, 0) is 24.6 Å². The summed E-state index contributed by atoms with van der Waals surface area (Å²) in [5.41, 5.74) is 1.82. The monoisotopic (exact) mass is 295 g/mol. The molecule has 2 rings (SSSR count). The van der Waals surface area contributed by atoms with Crippen molar-refractivity contribution in [2.45, 2.75) is 13.5 Å². The minimum Gasteiger partial charge on any atom is -0.365 e. The first-order chi connectivity index (χ1) is 8.15. The van der Waals surface area contributed by atoms with E-state index >= 15 is 0 Å². The highest BCUT2D eigenvalue weighted by molar-refractivity contribution is 9.10. The molecule has 0 saturated carbocycles. The molecule has 2 aromatic rings. The summed E-state index contributed by atoms with van der Waals surface area (Å²) >= 11 is 3.32. The second-order valence-corrected chi connectivity index (χ2v) is 4.49. The molecule has 0 bridgehead atoms. The summed E-state index contributed by atoms with van der Waals surface area (Å²) in [6.45, 7) is 2.45. The molecule has 0 amide bonds. The Morgan fingerprint density at radius 3 is 2.88 bits per heavy atom. The number of hydrogen-bond acceptors (Lipinski definition) is 3. The maximum Gasteiger partial charge on any atom is 0.145 e. The van der Waals surface area contributed by atoms with Crippen LogP contribution in [-0.4, -0.2) is 9.97 Å². The lowest BCUT2D eigenvalue weighted by Crippen LogP contribution is -2.03. The zero-order valence-electron chi connectivity index (χ0n) is 9.24. The Labute approximate surface area is 107 Å². The van der Waals surface area contributed by atoms with Gasteiger partial charge in [0.1, 0.15) is 11.6 Å². The molecule has 3 nitrogen and oxygen atoms in total. The molecule has 17 heavy (non-hydrogen) atoms. The van der Waals surface area contributed by atoms with Crippen molar-refractivity contribution in [3.05, 3.63) is 52.1 Å². The maximum atomic E-state index is 12.9. The summed E-state index contributed by atoms with van der Waals surface area (Å²) < 4.78 is 13.6. The summed E-state index contributed by atoms with van der Waals surface area (Å²) in [7, 11) is 0. The zero-order valence-corrected chi connectivity index (χ0v) is 10.8. The van der Waals surface area contributed by atoms with E-state index in [9.17, 15) is 4.39 Å². The smallest absolute Gasteiger partial charge is 0.145 e. The van der Waals surface area contributed by atoms with Gasteiger partial charge < -0.3 is 5.32 Å². The molecule has 1 heterocycles. The van der Waals surface area contributed by atoms with Crippen LogP contribution in [0.3, 0.4) is 0 Å². The van der Waals surface area contributed by atoms with Gasteiger partial charge in [0.25, 0.3) is 0 Å². The third-order valence-corrected chi connectivity index (χ3v) is 2.97. The van der Waals surface area contributed by atoms with Gasteiger partial charge in [-0.25, -0.2) is 9.37 Å². The van der Waals surface area contributed by atoms with E-state index in [4.69, 9.17) is 0 Å². The lowest BCUT2D eigenvalue weighted by atomic mass is 10.2. The van der Waals surface area contributed by atoms with Crippen LogP contribution in [0, 0.1) is 12.7 Å². The molecule has 0 saturated heterocycles. The molecule has 0 aliphatic carbocycles. The average molecular weight is 296 g/mol. The molecule has 1 aromatic heterocycles. The Kier molecular flexibility index (Phi) is 3.68. The van der Waals surface area contributed by atoms with Crippen molar-refractivity contribution < 1.29 is 4.39 Å². The number of halogens is 2. The number of aromatic nitrogens is 2. The number of anilines is 1. The van der Waals surface area contributed by atoms with E-state index in [1.165, 1.54) is 12.1 Å². The summed E-state index contributed by atoms with van der Waals surface area (Å²) in [5, 5.41) is 3.14. The van der Waals surface area contributed by atoms with Gasteiger partial charge in [-0.1, -0.05) is 22.0 Å². The topological polar surface area (TPSA) is 37.8 Å². The Morgan fingerprint density at radius 1 is 1.35 bits per heavy atom. The van der Waals surface area contributed by atoms with Gasteiger partial charge in [0.15, 0.2) is 0 Å². The van der Waals surface area contributed by atoms with Crippen LogP contribution < -0.4 is 5.32 Å². The molecular weight excluding hydrogens is 285 g/mol. The van der Waals surface area contributed by atoms with Gasteiger partial charge >= 0.3 is 0 Å². The number of aryl methyl sites for hydroxylation is 1. The van der Waals surface area contributed by atoms with Crippen LogP contribution in [0.25, 0.3) is 0 Å². The molecule has 0 aliphatic rings. The number of rotatable bonds is 3. The van der Waals surface area contributed by atoms with E-state index in [0.29, 0.717) is 12.4 Å². The first-order valence-electron chi connectivity index (χ1n) is 5.11. The highest BCUT2D eigenvalue weighted by Crippen LogP contribution is 2.18. The fourth-order valence-electron chi connectivity index (χ4n) is 1.40. The average Bonchev–Trinajstić information content (AvgIpc) is 2.28. The fraction of sp³-hybridized carbons (Fsp3) is 0.167. The van der Waals surface area contributed by atoms with E-state index in [1.807, 2.05) is 6.92 Å². The first kappa shape index (κ1) is 12.0.